The van der Waals surface area contributed by atoms with Crippen molar-refractivity contribution in [2.75, 3.05) is 11.3 Å². The summed E-state index contributed by atoms with van der Waals surface area (Å²) < 4.78 is 51.7. The number of nitrogens with one attached hydrogen (secondary N) is 1. The number of anilines is 1. The summed E-state index contributed by atoms with van der Waals surface area (Å²) in [5, 5.41) is 0. The van der Waals surface area contributed by atoms with Gasteiger partial charge < -0.3 is 9.47 Å². The number of fused-ring (bicyclic) bond motifs is 1. The highest BCUT2D eigenvalue weighted by molar-refractivity contribution is 7.92. The monoisotopic (exact) mass is 387 g/mol. The van der Waals surface area contributed by atoms with Gasteiger partial charge in [-0.3, -0.25) is 4.72 Å². The third-order valence-electron chi connectivity index (χ3n) is 3.89. The van der Waals surface area contributed by atoms with Crippen LogP contribution in [0.4, 0.5) is 10.1 Å². The van der Waals surface area contributed by atoms with E-state index in [4.69, 9.17) is 9.47 Å². The van der Waals surface area contributed by atoms with E-state index in [1.165, 1.54) is 36.7 Å². The third-order valence-corrected chi connectivity index (χ3v) is 5.27. The maximum Gasteiger partial charge on any atom is 0.322 e. The van der Waals surface area contributed by atoms with Crippen molar-refractivity contribution in [2.24, 2.45) is 0 Å². The van der Waals surface area contributed by atoms with E-state index in [0.717, 1.165) is 5.56 Å². The maximum absolute atomic E-state index is 13.6. The Morgan fingerprint density at radius 2 is 1.89 bits per heavy atom. The quantitative estimate of drug-likeness (QED) is 0.723. The molecule has 1 aliphatic heterocycles. The van der Waals surface area contributed by atoms with Gasteiger partial charge in [0, 0.05) is 6.42 Å². The number of ether oxygens (including phenoxy) is 2. The molecule has 4 rings (SSSR count). The second-order valence-electron chi connectivity index (χ2n) is 5.76. The summed E-state index contributed by atoms with van der Waals surface area (Å²) in [5.41, 5.74) is 1.01. The van der Waals surface area contributed by atoms with Gasteiger partial charge in [-0.25, -0.2) is 22.8 Å². The van der Waals surface area contributed by atoms with Crippen LogP contribution in [0.1, 0.15) is 5.56 Å². The van der Waals surface area contributed by atoms with Gasteiger partial charge in [-0.15, -0.1) is 0 Å². The Balaban J connectivity index is 1.50. The smallest absolute Gasteiger partial charge is 0.322 e. The average Bonchev–Trinajstić information content (AvgIpc) is 3.13. The Morgan fingerprint density at radius 3 is 2.67 bits per heavy atom. The van der Waals surface area contributed by atoms with Crippen LogP contribution in [0.5, 0.6) is 17.5 Å². The lowest BCUT2D eigenvalue weighted by atomic mass is 10.2. The lowest BCUT2D eigenvalue weighted by Crippen LogP contribution is -2.13. The largest absolute Gasteiger partial charge is 0.493 e. The first-order chi connectivity index (χ1) is 13.0. The minimum Gasteiger partial charge on any atom is -0.493 e. The molecule has 0 unspecified atom stereocenters. The van der Waals surface area contributed by atoms with Gasteiger partial charge in [-0.1, -0.05) is 12.1 Å². The number of sulfonamides is 1. The first-order valence-electron chi connectivity index (χ1n) is 8.04. The molecule has 2 aromatic carbocycles. The Bertz CT molecular complexity index is 1090. The lowest BCUT2D eigenvalue weighted by Gasteiger charge is -2.09. The van der Waals surface area contributed by atoms with E-state index in [-0.39, 0.29) is 22.3 Å². The molecule has 27 heavy (non-hydrogen) atoms. The van der Waals surface area contributed by atoms with Gasteiger partial charge in [0.25, 0.3) is 10.0 Å². The van der Waals surface area contributed by atoms with E-state index >= 15 is 0 Å². The van der Waals surface area contributed by atoms with E-state index < -0.39 is 15.8 Å². The molecular weight excluding hydrogens is 373 g/mol. The molecule has 138 valence electrons. The summed E-state index contributed by atoms with van der Waals surface area (Å²) in [7, 11) is -3.80. The van der Waals surface area contributed by atoms with Gasteiger partial charge >= 0.3 is 6.01 Å². The average molecular weight is 387 g/mol. The maximum atomic E-state index is 13.6. The highest BCUT2D eigenvalue weighted by Gasteiger charge is 2.19. The molecular formula is C18H14FN3O4S. The number of benzene rings is 2. The molecule has 7 nitrogen and oxygen atoms in total. The van der Waals surface area contributed by atoms with Crippen molar-refractivity contribution >= 4 is 15.7 Å². The third kappa shape index (κ3) is 3.68. The molecule has 0 aliphatic carbocycles. The fourth-order valence-electron chi connectivity index (χ4n) is 2.59. The lowest BCUT2D eigenvalue weighted by molar-refractivity contribution is 0.356. The first kappa shape index (κ1) is 17.2. The van der Waals surface area contributed by atoms with Gasteiger partial charge in [0.05, 0.1) is 29.6 Å². The summed E-state index contributed by atoms with van der Waals surface area (Å²) in [4.78, 5) is 7.93. The zero-order valence-corrected chi connectivity index (χ0v) is 14.7. The highest BCUT2D eigenvalue weighted by atomic mass is 32.2. The van der Waals surface area contributed by atoms with Gasteiger partial charge in [0.15, 0.2) is 11.6 Å². The number of rotatable bonds is 5. The number of nitrogens with zero attached hydrogens (tertiary/aromatic N) is 2. The predicted molar refractivity (Wildman–Crippen MR) is 95.0 cm³/mol. The molecule has 2 heterocycles. The first-order valence-corrected chi connectivity index (χ1v) is 9.52. The van der Waals surface area contributed by atoms with Crippen LogP contribution < -0.4 is 14.2 Å². The van der Waals surface area contributed by atoms with Gasteiger partial charge in [-0.05, 0) is 35.9 Å². The topological polar surface area (TPSA) is 90.4 Å². The van der Waals surface area contributed by atoms with Crippen molar-refractivity contribution in [2.45, 2.75) is 11.3 Å². The molecule has 1 N–H and O–H groups in total. The van der Waals surface area contributed by atoms with Crippen LogP contribution >= 0.6 is 0 Å². The van der Waals surface area contributed by atoms with E-state index in [0.29, 0.717) is 18.8 Å². The molecule has 9 heteroatoms. The molecule has 0 atom stereocenters. The highest BCUT2D eigenvalue weighted by Crippen LogP contribution is 2.28. The summed E-state index contributed by atoms with van der Waals surface area (Å²) in [6.45, 7) is 0.545. The summed E-state index contributed by atoms with van der Waals surface area (Å²) in [5.74, 6) is 0.129. The number of hydrogen-bond donors (Lipinski definition) is 1. The van der Waals surface area contributed by atoms with Crippen LogP contribution in [-0.4, -0.2) is 25.0 Å². The van der Waals surface area contributed by atoms with E-state index in [9.17, 15) is 12.8 Å². The minimum absolute atomic E-state index is 0.0220. The summed E-state index contributed by atoms with van der Waals surface area (Å²) in [6, 6.07) is 10.4. The van der Waals surface area contributed by atoms with Gasteiger partial charge in [-0.2, -0.15) is 0 Å². The number of halogens is 1. The minimum atomic E-state index is -3.80. The Labute approximate surface area is 154 Å². The Hall–Kier alpha value is -3.20. The van der Waals surface area contributed by atoms with Gasteiger partial charge in [0.2, 0.25) is 0 Å². The fraction of sp³-hybridized carbons (Fsp3) is 0.111. The second-order valence-corrected chi connectivity index (χ2v) is 7.44. The van der Waals surface area contributed by atoms with Crippen LogP contribution in [-0.2, 0) is 16.4 Å². The molecule has 0 saturated heterocycles. The van der Waals surface area contributed by atoms with Crippen molar-refractivity contribution in [1.29, 1.82) is 0 Å². The summed E-state index contributed by atoms with van der Waals surface area (Å²) in [6.07, 6.45) is 3.16. The van der Waals surface area contributed by atoms with Crippen molar-refractivity contribution < 1.29 is 22.3 Å². The van der Waals surface area contributed by atoms with Crippen LogP contribution in [0.2, 0.25) is 0 Å². The SMILES string of the molecule is O=S(=O)(Nc1cnc(Oc2ccccc2F)nc1)c1ccc2c(c1)CCO2. The standard InChI is InChI=1S/C18H14FN3O4S/c19-15-3-1-2-4-17(15)26-18-20-10-13(11-21-18)22-27(23,24)14-5-6-16-12(9-14)7-8-25-16/h1-6,9-11,22H,7-8H2. The number of para-hydroxylation sites is 1. The van der Waals surface area contributed by atoms with E-state index in [1.807, 2.05) is 0 Å². The molecule has 0 saturated carbocycles. The molecule has 0 fully saturated rings. The predicted octanol–water partition coefficient (Wildman–Crippen LogP) is 3.14. The zero-order valence-electron chi connectivity index (χ0n) is 13.9. The zero-order chi connectivity index (χ0) is 18.9. The van der Waals surface area contributed by atoms with Crippen molar-refractivity contribution in [1.82, 2.24) is 9.97 Å². The molecule has 0 amide bonds. The van der Waals surface area contributed by atoms with Crippen LogP contribution in [0.3, 0.4) is 0 Å². The van der Waals surface area contributed by atoms with Crippen molar-refractivity contribution in [3.05, 3.63) is 66.2 Å². The van der Waals surface area contributed by atoms with Crippen LogP contribution in [0.15, 0.2) is 59.8 Å². The second kappa shape index (κ2) is 6.84. The van der Waals surface area contributed by atoms with Crippen LogP contribution in [0, 0.1) is 5.82 Å². The Kier molecular flexibility index (Phi) is 4.36. The van der Waals surface area contributed by atoms with Gasteiger partial charge in [0.1, 0.15) is 5.75 Å². The summed E-state index contributed by atoms with van der Waals surface area (Å²) >= 11 is 0. The molecule has 0 bridgehead atoms. The molecule has 1 aliphatic rings. The Morgan fingerprint density at radius 1 is 1.11 bits per heavy atom. The van der Waals surface area contributed by atoms with Crippen LogP contribution in [0.25, 0.3) is 0 Å². The van der Waals surface area contributed by atoms with E-state index in [2.05, 4.69) is 14.7 Å². The van der Waals surface area contributed by atoms with E-state index in [1.54, 1.807) is 18.2 Å². The molecule has 1 aromatic heterocycles. The number of aromatic nitrogens is 2. The molecule has 3 aromatic rings. The van der Waals surface area contributed by atoms with Crippen molar-refractivity contribution in [3.63, 3.8) is 0 Å². The number of hydrogen-bond acceptors (Lipinski definition) is 6. The normalized spacial score (nSPS) is 12.9. The molecule has 0 spiro atoms. The molecule has 0 radical (unpaired) electrons. The fourth-order valence-corrected chi connectivity index (χ4v) is 3.67. The van der Waals surface area contributed by atoms with Crippen molar-refractivity contribution in [3.8, 4) is 17.5 Å².